The third-order valence-electron chi connectivity index (χ3n) is 4.91. The van der Waals surface area contributed by atoms with Gasteiger partial charge >= 0.3 is 0 Å². The van der Waals surface area contributed by atoms with Gasteiger partial charge < -0.3 is 16.0 Å². The van der Waals surface area contributed by atoms with Crippen LogP contribution in [0.1, 0.15) is 45.5 Å². The number of nitrogens with two attached hydrogens (primary N) is 1. The molecule has 1 aliphatic heterocycles. The molecule has 1 heterocycles. The van der Waals surface area contributed by atoms with Gasteiger partial charge in [-0.2, -0.15) is 0 Å². The fourth-order valence-corrected chi connectivity index (χ4v) is 3.41. The minimum absolute atomic E-state index is 0. The molecule has 1 saturated heterocycles. The fraction of sp³-hybridized carbons (Fsp3) is 0.333. The third-order valence-corrected chi connectivity index (χ3v) is 4.91. The summed E-state index contributed by atoms with van der Waals surface area (Å²) in [6.07, 6.45) is 2.93. The van der Waals surface area contributed by atoms with Crippen molar-refractivity contribution in [3.8, 4) is 0 Å². The molecule has 6 heteroatoms. The molecule has 144 valence electrons. The number of hydrogen-bond donors (Lipinski definition) is 2. The third kappa shape index (κ3) is 5.01. The van der Waals surface area contributed by atoms with Gasteiger partial charge in [-0.05, 0) is 56.0 Å². The Hall–Kier alpha value is -2.53. The summed E-state index contributed by atoms with van der Waals surface area (Å²) in [7, 11) is 0. The monoisotopic (exact) mass is 387 g/mol. The van der Waals surface area contributed by atoms with E-state index in [1.54, 1.807) is 24.3 Å². The average Bonchev–Trinajstić information content (AvgIpc) is 2.68. The smallest absolute Gasteiger partial charge is 0.254 e. The van der Waals surface area contributed by atoms with E-state index in [1.807, 2.05) is 36.1 Å². The van der Waals surface area contributed by atoms with Crippen LogP contribution in [0.5, 0.6) is 0 Å². The Kier molecular flexibility index (Phi) is 7.25. The second-order valence-electron chi connectivity index (χ2n) is 6.80. The highest BCUT2D eigenvalue weighted by atomic mass is 35.5. The molecule has 3 rings (SSSR count). The zero-order chi connectivity index (χ0) is 18.5. The van der Waals surface area contributed by atoms with Gasteiger partial charge in [-0.25, -0.2) is 0 Å². The maximum absolute atomic E-state index is 13.1. The van der Waals surface area contributed by atoms with Gasteiger partial charge in [-0.3, -0.25) is 9.59 Å². The molecule has 0 bridgehead atoms. The molecule has 0 aromatic heterocycles. The first kappa shape index (κ1) is 20.8. The Morgan fingerprint density at radius 1 is 1.15 bits per heavy atom. The first-order valence-corrected chi connectivity index (χ1v) is 9.06. The number of hydrogen-bond acceptors (Lipinski definition) is 3. The van der Waals surface area contributed by atoms with Gasteiger partial charge in [0.25, 0.3) is 11.8 Å². The SMILES string of the molecule is Cc1ccc(N)cc1C(=O)N1CCCCC1CNC(=O)c1ccccc1.Cl. The van der Waals surface area contributed by atoms with Crippen molar-refractivity contribution >= 4 is 29.9 Å². The fourth-order valence-electron chi connectivity index (χ4n) is 3.41. The van der Waals surface area contributed by atoms with Crippen LogP contribution in [-0.4, -0.2) is 35.8 Å². The van der Waals surface area contributed by atoms with Crippen LogP contribution in [0, 0.1) is 6.92 Å². The Balaban J connectivity index is 0.00000261. The number of piperidine rings is 1. The summed E-state index contributed by atoms with van der Waals surface area (Å²) < 4.78 is 0. The van der Waals surface area contributed by atoms with Gasteiger partial charge in [-0.15, -0.1) is 12.4 Å². The van der Waals surface area contributed by atoms with Crippen LogP contribution >= 0.6 is 12.4 Å². The number of carbonyl (C=O) groups is 2. The molecule has 0 saturated carbocycles. The summed E-state index contributed by atoms with van der Waals surface area (Å²) in [5, 5.41) is 2.97. The Morgan fingerprint density at radius 3 is 2.63 bits per heavy atom. The van der Waals surface area contributed by atoms with Gasteiger partial charge in [0.15, 0.2) is 0 Å². The summed E-state index contributed by atoms with van der Waals surface area (Å²) in [4.78, 5) is 27.2. The predicted molar refractivity (Wildman–Crippen MR) is 110 cm³/mol. The summed E-state index contributed by atoms with van der Waals surface area (Å²) in [5.74, 6) is -0.114. The summed E-state index contributed by atoms with van der Waals surface area (Å²) in [5.41, 5.74) is 8.65. The highest BCUT2D eigenvalue weighted by Crippen LogP contribution is 2.22. The van der Waals surface area contributed by atoms with Crippen molar-refractivity contribution in [2.45, 2.75) is 32.2 Å². The minimum Gasteiger partial charge on any atom is -0.399 e. The molecule has 0 radical (unpaired) electrons. The number of nitrogens with one attached hydrogen (secondary N) is 1. The molecular formula is C21H26ClN3O2. The lowest BCUT2D eigenvalue weighted by atomic mass is 9.99. The lowest BCUT2D eigenvalue weighted by molar-refractivity contribution is 0.0602. The largest absolute Gasteiger partial charge is 0.399 e. The van der Waals surface area contributed by atoms with Crippen molar-refractivity contribution in [2.75, 3.05) is 18.8 Å². The molecule has 2 aromatic carbocycles. The normalized spacial score (nSPS) is 16.3. The van der Waals surface area contributed by atoms with E-state index in [9.17, 15) is 9.59 Å². The first-order valence-electron chi connectivity index (χ1n) is 9.06. The minimum atomic E-state index is -0.108. The van der Waals surface area contributed by atoms with Crippen molar-refractivity contribution in [1.29, 1.82) is 0 Å². The molecule has 2 aromatic rings. The Bertz CT molecular complexity index is 795. The summed E-state index contributed by atoms with van der Waals surface area (Å²) in [6, 6.07) is 14.6. The summed E-state index contributed by atoms with van der Waals surface area (Å²) in [6.45, 7) is 3.09. The molecule has 0 spiro atoms. The molecule has 5 nitrogen and oxygen atoms in total. The second kappa shape index (κ2) is 9.42. The molecule has 27 heavy (non-hydrogen) atoms. The number of benzene rings is 2. The van der Waals surface area contributed by atoms with Crippen LogP contribution < -0.4 is 11.1 Å². The first-order chi connectivity index (χ1) is 12.6. The number of carbonyl (C=O) groups excluding carboxylic acids is 2. The average molecular weight is 388 g/mol. The van der Waals surface area contributed by atoms with Crippen LogP contribution in [0.3, 0.4) is 0 Å². The predicted octanol–water partition coefficient (Wildman–Crippen LogP) is 3.42. The van der Waals surface area contributed by atoms with Crippen molar-refractivity contribution < 1.29 is 9.59 Å². The van der Waals surface area contributed by atoms with E-state index < -0.39 is 0 Å². The summed E-state index contributed by atoms with van der Waals surface area (Å²) >= 11 is 0. The quantitative estimate of drug-likeness (QED) is 0.789. The topological polar surface area (TPSA) is 75.4 Å². The number of likely N-dealkylation sites (tertiary alicyclic amines) is 1. The lowest BCUT2D eigenvalue weighted by Crippen LogP contribution is -2.49. The molecular weight excluding hydrogens is 362 g/mol. The van der Waals surface area contributed by atoms with E-state index in [0.717, 1.165) is 24.8 Å². The highest BCUT2D eigenvalue weighted by molar-refractivity contribution is 5.97. The van der Waals surface area contributed by atoms with Gasteiger partial charge in [0, 0.05) is 35.9 Å². The molecule has 2 amide bonds. The van der Waals surface area contributed by atoms with Crippen LogP contribution in [-0.2, 0) is 0 Å². The van der Waals surface area contributed by atoms with Crippen molar-refractivity contribution in [3.63, 3.8) is 0 Å². The Labute approximate surface area is 166 Å². The zero-order valence-corrected chi connectivity index (χ0v) is 16.3. The number of nitrogen functional groups attached to an aromatic ring is 1. The van der Waals surface area contributed by atoms with Crippen LogP contribution in [0.25, 0.3) is 0 Å². The number of rotatable bonds is 4. The van der Waals surface area contributed by atoms with Crippen molar-refractivity contribution in [3.05, 3.63) is 65.2 Å². The standard InChI is InChI=1S/C21H25N3O2.ClH/c1-15-10-11-17(22)13-19(15)21(26)24-12-6-5-9-18(24)14-23-20(25)16-7-3-2-4-8-16;/h2-4,7-8,10-11,13,18H,5-6,9,12,14,22H2,1H3,(H,23,25);1H. The number of anilines is 1. The zero-order valence-electron chi connectivity index (χ0n) is 15.5. The Morgan fingerprint density at radius 2 is 1.89 bits per heavy atom. The van der Waals surface area contributed by atoms with Gasteiger partial charge in [0.1, 0.15) is 0 Å². The van der Waals surface area contributed by atoms with E-state index in [4.69, 9.17) is 5.73 Å². The van der Waals surface area contributed by atoms with E-state index in [2.05, 4.69) is 5.32 Å². The molecule has 3 N–H and O–H groups in total. The van der Waals surface area contributed by atoms with E-state index in [0.29, 0.717) is 29.9 Å². The van der Waals surface area contributed by atoms with Crippen LogP contribution in [0.4, 0.5) is 5.69 Å². The van der Waals surface area contributed by atoms with Crippen LogP contribution in [0.15, 0.2) is 48.5 Å². The van der Waals surface area contributed by atoms with E-state index >= 15 is 0 Å². The molecule has 1 aliphatic rings. The molecule has 1 fully saturated rings. The van der Waals surface area contributed by atoms with Crippen molar-refractivity contribution in [1.82, 2.24) is 10.2 Å². The second-order valence-corrected chi connectivity index (χ2v) is 6.80. The van der Waals surface area contributed by atoms with Gasteiger partial charge in [0.05, 0.1) is 0 Å². The number of halogens is 1. The molecule has 1 unspecified atom stereocenters. The maximum Gasteiger partial charge on any atom is 0.254 e. The van der Waals surface area contributed by atoms with Crippen molar-refractivity contribution in [2.24, 2.45) is 0 Å². The number of aryl methyl sites for hydroxylation is 1. The highest BCUT2D eigenvalue weighted by Gasteiger charge is 2.28. The maximum atomic E-state index is 13.1. The molecule has 1 atom stereocenters. The van der Waals surface area contributed by atoms with E-state index in [-0.39, 0.29) is 30.3 Å². The lowest BCUT2D eigenvalue weighted by Gasteiger charge is -2.36. The molecule has 0 aliphatic carbocycles. The van der Waals surface area contributed by atoms with Crippen LogP contribution in [0.2, 0.25) is 0 Å². The van der Waals surface area contributed by atoms with E-state index in [1.165, 1.54) is 0 Å². The van der Waals surface area contributed by atoms with Gasteiger partial charge in [-0.1, -0.05) is 24.3 Å². The number of nitrogens with zero attached hydrogens (tertiary/aromatic N) is 1. The van der Waals surface area contributed by atoms with Gasteiger partial charge in [0.2, 0.25) is 0 Å². The number of amides is 2.